The first-order valence-electron chi connectivity index (χ1n) is 8.60. The lowest BCUT2D eigenvalue weighted by Crippen LogP contribution is -2.37. The summed E-state index contributed by atoms with van der Waals surface area (Å²) >= 11 is 0. The van der Waals surface area contributed by atoms with Gasteiger partial charge in [0.25, 0.3) is 0 Å². The molecular formula is C20H23NO3S. The molecule has 0 radical (unpaired) electrons. The molecule has 132 valence electrons. The number of rotatable bonds is 6. The number of sulfone groups is 1. The van der Waals surface area contributed by atoms with Crippen LogP contribution < -0.4 is 0 Å². The van der Waals surface area contributed by atoms with Gasteiger partial charge in [-0.1, -0.05) is 60.7 Å². The third-order valence-electron chi connectivity index (χ3n) is 4.62. The molecule has 3 rings (SSSR count). The zero-order chi connectivity index (χ0) is 17.7. The number of hydrogen-bond donors (Lipinski definition) is 0. The predicted molar refractivity (Wildman–Crippen MR) is 98.8 cm³/mol. The van der Waals surface area contributed by atoms with Gasteiger partial charge < -0.3 is 4.90 Å². The lowest BCUT2D eigenvalue weighted by atomic mass is 10.1. The van der Waals surface area contributed by atoms with Crippen molar-refractivity contribution in [1.82, 2.24) is 4.90 Å². The Morgan fingerprint density at radius 3 is 2.12 bits per heavy atom. The van der Waals surface area contributed by atoms with E-state index in [2.05, 4.69) is 0 Å². The quantitative estimate of drug-likeness (QED) is 0.799. The number of hydrogen-bond acceptors (Lipinski definition) is 3. The van der Waals surface area contributed by atoms with Gasteiger partial charge in [-0.3, -0.25) is 4.79 Å². The highest BCUT2D eigenvalue weighted by Gasteiger charge is 2.35. The van der Waals surface area contributed by atoms with E-state index in [1.807, 2.05) is 65.6 Å². The molecule has 4 nitrogen and oxygen atoms in total. The van der Waals surface area contributed by atoms with Crippen LogP contribution in [-0.4, -0.2) is 37.3 Å². The minimum atomic E-state index is -3.06. The standard InChI is InChI=1S/C20H23NO3S/c22-20(19-12-14-25(23,24)16-19)21(15-18-9-5-2-6-10-18)13-11-17-7-3-1-4-8-17/h1-10,19H,11-16H2. The highest BCUT2D eigenvalue weighted by atomic mass is 32.2. The summed E-state index contributed by atoms with van der Waals surface area (Å²) in [4.78, 5) is 14.7. The Morgan fingerprint density at radius 2 is 1.56 bits per heavy atom. The molecule has 0 aromatic heterocycles. The van der Waals surface area contributed by atoms with Gasteiger partial charge in [-0.2, -0.15) is 0 Å². The summed E-state index contributed by atoms with van der Waals surface area (Å²) in [6.45, 7) is 1.11. The summed E-state index contributed by atoms with van der Waals surface area (Å²) in [6, 6.07) is 19.9. The van der Waals surface area contributed by atoms with Crippen molar-refractivity contribution in [3.05, 3.63) is 71.8 Å². The van der Waals surface area contributed by atoms with E-state index >= 15 is 0 Å². The van der Waals surface area contributed by atoms with E-state index in [9.17, 15) is 13.2 Å². The van der Waals surface area contributed by atoms with E-state index in [0.29, 0.717) is 19.5 Å². The van der Waals surface area contributed by atoms with Crippen LogP contribution >= 0.6 is 0 Å². The minimum absolute atomic E-state index is 0.0114. The lowest BCUT2D eigenvalue weighted by molar-refractivity contribution is -0.135. The fourth-order valence-electron chi connectivity index (χ4n) is 3.23. The van der Waals surface area contributed by atoms with Crippen LogP contribution in [0.4, 0.5) is 0 Å². The molecule has 1 aliphatic rings. The molecule has 0 bridgehead atoms. The molecule has 5 heteroatoms. The maximum absolute atomic E-state index is 12.9. The second-order valence-corrected chi connectivity index (χ2v) is 8.81. The average Bonchev–Trinajstić information content (AvgIpc) is 2.99. The fraction of sp³-hybridized carbons (Fsp3) is 0.350. The number of nitrogens with zero attached hydrogens (tertiary/aromatic N) is 1. The molecule has 0 saturated carbocycles. The summed E-state index contributed by atoms with van der Waals surface area (Å²) in [5.74, 6) is -0.325. The fourth-order valence-corrected chi connectivity index (χ4v) is 4.96. The largest absolute Gasteiger partial charge is 0.338 e. The second kappa shape index (κ2) is 7.83. The van der Waals surface area contributed by atoms with Crippen molar-refractivity contribution >= 4 is 15.7 Å². The molecule has 25 heavy (non-hydrogen) atoms. The summed E-state index contributed by atoms with van der Waals surface area (Å²) in [6.07, 6.45) is 1.21. The molecule has 2 aromatic carbocycles. The van der Waals surface area contributed by atoms with Gasteiger partial charge >= 0.3 is 0 Å². The van der Waals surface area contributed by atoms with Crippen molar-refractivity contribution in [2.24, 2.45) is 5.92 Å². The third-order valence-corrected chi connectivity index (χ3v) is 6.39. The van der Waals surface area contributed by atoms with Crippen LogP contribution in [0.15, 0.2) is 60.7 Å². The van der Waals surface area contributed by atoms with Crippen molar-refractivity contribution in [1.29, 1.82) is 0 Å². The van der Waals surface area contributed by atoms with E-state index < -0.39 is 15.8 Å². The van der Waals surface area contributed by atoms with Crippen LogP contribution in [0.5, 0.6) is 0 Å². The topological polar surface area (TPSA) is 54.5 Å². The van der Waals surface area contributed by atoms with Crippen LogP contribution in [0, 0.1) is 5.92 Å². The van der Waals surface area contributed by atoms with E-state index in [0.717, 1.165) is 12.0 Å². The van der Waals surface area contributed by atoms with Gasteiger partial charge in [-0.05, 0) is 24.0 Å². The van der Waals surface area contributed by atoms with E-state index in [4.69, 9.17) is 0 Å². The lowest BCUT2D eigenvalue weighted by Gasteiger charge is -2.25. The van der Waals surface area contributed by atoms with Crippen LogP contribution in [0.25, 0.3) is 0 Å². The van der Waals surface area contributed by atoms with Crippen molar-refractivity contribution in [2.45, 2.75) is 19.4 Å². The van der Waals surface area contributed by atoms with Crippen molar-refractivity contribution in [3.63, 3.8) is 0 Å². The summed E-state index contributed by atoms with van der Waals surface area (Å²) in [7, 11) is -3.06. The van der Waals surface area contributed by atoms with Crippen LogP contribution in [0.3, 0.4) is 0 Å². The Bertz CT molecular complexity index is 803. The van der Waals surface area contributed by atoms with Gasteiger partial charge in [0.1, 0.15) is 0 Å². The number of amides is 1. The second-order valence-electron chi connectivity index (χ2n) is 6.58. The van der Waals surface area contributed by atoms with Crippen molar-refractivity contribution in [3.8, 4) is 0 Å². The highest BCUT2D eigenvalue weighted by Crippen LogP contribution is 2.22. The molecule has 1 aliphatic heterocycles. The SMILES string of the molecule is O=C(C1CCS(=O)(=O)C1)N(CCc1ccccc1)Cc1ccccc1. The zero-order valence-electron chi connectivity index (χ0n) is 14.2. The summed E-state index contributed by atoms with van der Waals surface area (Å²) in [5, 5.41) is 0. The van der Waals surface area contributed by atoms with Gasteiger partial charge in [-0.25, -0.2) is 8.42 Å². The Hall–Kier alpha value is -2.14. The third kappa shape index (κ3) is 4.92. The Kier molecular flexibility index (Phi) is 5.53. The Morgan fingerprint density at radius 1 is 0.960 bits per heavy atom. The van der Waals surface area contributed by atoms with Gasteiger partial charge in [0.05, 0.1) is 17.4 Å². The molecule has 0 spiro atoms. The number of carbonyl (C=O) groups is 1. The first kappa shape index (κ1) is 17.7. The molecule has 2 aromatic rings. The van der Waals surface area contributed by atoms with Gasteiger partial charge in [0.15, 0.2) is 9.84 Å². The molecule has 1 fully saturated rings. The predicted octanol–water partition coefficient (Wildman–Crippen LogP) is 2.69. The number of benzene rings is 2. The number of carbonyl (C=O) groups excluding carboxylic acids is 1. The van der Waals surface area contributed by atoms with Gasteiger partial charge in [0.2, 0.25) is 5.91 Å². The molecular weight excluding hydrogens is 334 g/mol. The van der Waals surface area contributed by atoms with Crippen LogP contribution in [-0.2, 0) is 27.6 Å². The first-order valence-corrected chi connectivity index (χ1v) is 10.4. The minimum Gasteiger partial charge on any atom is -0.338 e. The molecule has 1 saturated heterocycles. The highest BCUT2D eigenvalue weighted by molar-refractivity contribution is 7.91. The average molecular weight is 357 g/mol. The summed E-state index contributed by atoms with van der Waals surface area (Å²) < 4.78 is 23.5. The van der Waals surface area contributed by atoms with E-state index in [1.54, 1.807) is 0 Å². The Balaban J connectivity index is 1.72. The molecule has 1 heterocycles. The van der Waals surface area contributed by atoms with E-state index in [1.165, 1.54) is 5.56 Å². The van der Waals surface area contributed by atoms with Gasteiger partial charge in [0, 0.05) is 13.1 Å². The van der Waals surface area contributed by atoms with E-state index in [-0.39, 0.29) is 17.4 Å². The van der Waals surface area contributed by atoms with Crippen molar-refractivity contribution in [2.75, 3.05) is 18.1 Å². The first-order chi connectivity index (χ1) is 12.0. The Labute approximate surface area is 149 Å². The normalized spacial score (nSPS) is 18.8. The maximum atomic E-state index is 12.9. The zero-order valence-corrected chi connectivity index (χ0v) is 15.0. The monoisotopic (exact) mass is 357 g/mol. The summed E-state index contributed by atoms with van der Waals surface area (Å²) in [5.41, 5.74) is 2.23. The van der Waals surface area contributed by atoms with Crippen LogP contribution in [0.2, 0.25) is 0 Å². The smallest absolute Gasteiger partial charge is 0.227 e. The molecule has 1 amide bonds. The van der Waals surface area contributed by atoms with Crippen LogP contribution in [0.1, 0.15) is 17.5 Å². The maximum Gasteiger partial charge on any atom is 0.227 e. The molecule has 0 aliphatic carbocycles. The van der Waals surface area contributed by atoms with Crippen molar-refractivity contribution < 1.29 is 13.2 Å². The molecule has 0 N–H and O–H groups in total. The molecule has 1 atom stereocenters. The molecule has 1 unspecified atom stereocenters. The van der Waals surface area contributed by atoms with Gasteiger partial charge in [-0.15, -0.1) is 0 Å².